The molecule has 150 valence electrons. The highest BCUT2D eigenvalue weighted by Gasteiger charge is 2.10. The van der Waals surface area contributed by atoms with E-state index >= 15 is 0 Å². The molecule has 3 N–H and O–H groups in total. The van der Waals surface area contributed by atoms with E-state index in [1.54, 1.807) is 12.1 Å². The molecule has 0 radical (unpaired) electrons. The number of hydrogen-bond donors (Lipinski definition) is 3. The van der Waals surface area contributed by atoms with Crippen molar-refractivity contribution in [3.63, 3.8) is 0 Å². The molecule has 2 aromatic rings. The summed E-state index contributed by atoms with van der Waals surface area (Å²) < 4.78 is 10.5. The second-order valence-corrected chi connectivity index (χ2v) is 6.60. The van der Waals surface area contributed by atoms with E-state index in [0.29, 0.717) is 12.3 Å². The Hall–Kier alpha value is -2.84. The van der Waals surface area contributed by atoms with Crippen molar-refractivity contribution in [2.75, 3.05) is 32.8 Å². The molecule has 8 nitrogen and oxygen atoms in total. The Labute approximate surface area is 164 Å². The summed E-state index contributed by atoms with van der Waals surface area (Å²) in [4.78, 5) is 25.9. The lowest BCUT2D eigenvalue weighted by Gasteiger charge is -2.26. The van der Waals surface area contributed by atoms with Crippen LogP contribution in [0.1, 0.15) is 16.9 Å². The van der Waals surface area contributed by atoms with Gasteiger partial charge in [0.1, 0.15) is 5.76 Å². The second kappa shape index (κ2) is 10.5. The predicted molar refractivity (Wildman–Crippen MR) is 103 cm³/mol. The maximum Gasteiger partial charge on any atom is 0.315 e. The van der Waals surface area contributed by atoms with Gasteiger partial charge in [0.2, 0.25) is 5.91 Å². The maximum atomic E-state index is 11.9. The van der Waals surface area contributed by atoms with Gasteiger partial charge in [-0.2, -0.15) is 0 Å². The van der Waals surface area contributed by atoms with E-state index in [9.17, 15) is 9.59 Å². The van der Waals surface area contributed by atoms with Crippen LogP contribution >= 0.6 is 0 Å². The number of furan rings is 1. The van der Waals surface area contributed by atoms with Gasteiger partial charge >= 0.3 is 6.03 Å². The Kier molecular flexibility index (Phi) is 7.45. The summed E-state index contributed by atoms with van der Waals surface area (Å²) >= 11 is 0. The Balaban J connectivity index is 1.31. The lowest BCUT2D eigenvalue weighted by Crippen LogP contribution is -2.41. The highest BCUT2D eigenvalue weighted by Crippen LogP contribution is 2.09. The molecule has 28 heavy (non-hydrogen) atoms. The van der Waals surface area contributed by atoms with Crippen LogP contribution in [0.2, 0.25) is 0 Å². The van der Waals surface area contributed by atoms with Gasteiger partial charge in [-0.25, -0.2) is 4.79 Å². The molecule has 0 atom stereocenters. The highest BCUT2D eigenvalue weighted by atomic mass is 16.5. The number of hydrogen-bond acceptors (Lipinski definition) is 5. The van der Waals surface area contributed by atoms with Gasteiger partial charge in [0.15, 0.2) is 0 Å². The van der Waals surface area contributed by atoms with Gasteiger partial charge in [0.05, 0.1) is 32.6 Å². The van der Waals surface area contributed by atoms with Crippen LogP contribution in [0.4, 0.5) is 4.79 Å². The Bertz CT molecular complexity index is 740. The Morgan fingerprint density at radius 3 is 2.39 bits per heavy atom. The predicted octanol–water partition coefficient (Wildman–Crippen LogP) is 1.23. The van der Waals surface area contributed by atoms with Gasteiger partial charge in [-0.3, -0.25) is 9.69 Å². The van der Waals surface area contributed by atoms with Crippen LogP contribution in [0.3, 0.4) is 0 Å². The van der Waals surface area contributed by atoms with Crippen molar-refractivity contribution in [3.05, 3.63) is 59.5 Å². The number of nitrogens with zero attached hydrogens (tertiary/aromatic N) is 1. The van der Waals surface area contributed by atoms with E-state index in [1.165, 1.54) is 11.8 Å². The van der Waals surface area contributed by atoms with Crippen LogP contribution in [0.15, 0.2) is 47.1 Å². The minimum absolute atomic E-state index is 0.0842. The number of amides is 3. The summed E-state index contributed by atoms with van der Waals surface area (Å²) in [6.07, 6.45) is 1.54. The van der Waals surface area contributed by atoms with Crippen molar-refractivity contribution < 1.29 is 18.7 Å². The summed E-state index contributed by atoms with van der Waals surface area (Å²) in [5, 5.41) is 7.93. The monoisotopic (exact) mass is 386 g/mol. The molecular formula is C20H26N4O4. The molecule has 3 amide bonds. The smallest absolute Gasteiger partial charge is 0.315 e. The minimum Gasteiger partial charge on any atom is -0.467 e. The van der Waals surface area contributed by atoms with Gasteiger partial charge in [-0.05, 0) is 23.3 Å². The zero-order valence-electron chi connectivity index (χ0n) is 15.8. The molecule has 8 heteroatoms. The third-order valence-corrected chi connectivity index (χ3v) is 4.44. The lowest BCUT2D eigenvalue weighted by atomic mass is 10.1. The van der Waals surface area contributed by atoms with E-state index in [2.05, 4.69) is 33.0 Å². The zero-order valence-corrected chi connectivity index (χ0v) is 15.8. The lowest BCUT2D eigenvalue weighted by molar-refractivity contribution is -0.120. The summed E-state index contributed by atoms with van der Waals surface area (Å²) in [6, 6.07) is 11.3. The summed E-state index contributed by atoms with van der Waals surface area (Å²) in [7, 11) is 0. The molecule has 1 fully saturated rings. The molecule has 3 rings (SSSR count). The van der Waals surface area contributed by atoms with Crippen molar-refractivity contribution in [2.24, 2.45) is 0 Å². The molecule has 0 spiro atoms. The number of carbonyl (C=O) groups is 2. The fraction of sp³-hybridized carbons (Fsp3) is 0.400. The summed E-state index contributed by atoms with van der Waals surface area (Å²) in [5.41, 5.74) is 2.26. The number of morpholine rings is 1. The first-order valence-electron chi connectivity index (χ1n) is 9.38. The van der Waals surface area contributed by atoms with Gasteiger partial charge in [0.25, 0.3) is 0 Å². The fourth-order valence-electron chi connectivity index (χ4n) is 2.85. The van der Waals surface area contributed by atoms with Gasteiger partial charge < -0.3 is 25.1 Å². The number of carbonyl (C=O) groups excluding carboxylic acids is 2. The molecular weight excluding hydrogens is 360 g/mol. The summed E-state index contributed by atoms with van der Waals surface area (Å²) in [5.74, 6) is 0.405. The Morgan fingerprint density at radius 1 is 0.929 bits per heavy atom. The van der Waals surface area contributed by atoms with Crippen molar-refractivity contribution in [3.8, 4) is 0 Å². The molecule has 1 aromatic heterocycles. The minimum atomic E-state index is -0.418. The van der Waals surface area contributed by atoms with Crippen LogP contribution in [-0.2, 0) is 29.2 Å². The fourth-order valence-corrected chi connectivity index (χ4v) is 2.85. The van der Waals surface area contributed by atoms with Crippen LogP contribution in [0.25, 0.3) is 0 Å². The van der Waals surface area contributed by atoms with E-state index in [4.69, 9.17) is 9.15 Å². The molecule has 0 aliphatic carbocycles. The topological polar surface area (TPSA) is 95.8 Å². The van der Waals surface area contributed by atoms with Crippen molar-refractivity contribution in [1.29, 1.82) is 0 Å². The quantitative estimate of drug-likeness (QED) is 0.634. The number of nitrogens with one attached hydrogen (secondary N) is 3. The first kappa shape index (κ1) is 19.9. The standard InChI is InChI=1S/C20H26N4O4/c25-19(14-23-20(26)22-13-18-2-1-9-28-18)21-12-16-3-5-17(6-4-16)15-24-7-10-27-11-8-24/h1-6,9H,7-8,10-15H2,(H,21,25)(H2,22,23,26). The molecule has 0 bridgehead atoms. The average Bonchev–Trinajstić information content (AvgIpc) is 3.25. The molecule has 2 heterocycles. The number of urea groups is 1. The van der Waals surface area contributed by atoms with Crippen LogP contribution in [0, 0.1) is 0 Å². The first-order valence-corrected chi connectivity index (χ1v) is 9.38. The van der Waals surface area contributed by atoms with Crippen molar-refractivity contribution in [2.45, 2.75) is 19.6 Å². The largest absolute Gasteiger partial charge is 0.467 e. The Morgan fingerprint density at radius 2 is 1.68 bits per heavy atom. The van der Waals surface area contributed by atoms with Crippen LogP contribution < -0.4 is 16.0 Å². The number of benzene rings is 1. The van der Waals surface area contributed by atoms with E-state index in [-0.39, 0.29) is 19.0 Å². The average molecular weight is 386 g/mol. The zero-order chi connectivity index (χ0) is 19.6. The first-order chi connectivity index (χ1) is 13.7. The van der Waals surface area contributed by atoms with Gasteiger partial charge in [-0.15, -0.1) is 0 Å². The second-order valence-electron chi connectivity index (χ2n) is 6.60. The van der Waals surface area contributed by atoms with Crippen LogP contribution in [-0.4, -0.2) is 49.7 Å². The molecule has 1 aromatic carbocycles. The third kappa shape index (κ3) is 6.71. The molecule has 1 aliphatic heterocycles. The normalized spacial score (nSPS) is 14.4. The number of rotatable bonds is 8. The summed E-state index contributed by atoms with van der Waals surface area (Å²) in [6.45, 7) is 5.02. The van der Waals surface area contributed by atoms with E-state index in [0.717, 1.165) is 38.4 Å². The van der Waals surface area contributed by atoms with Crippen LogP contribution in [0.5, 0.6) is 0 Å². The van der Waals surface area contributed by atoms with Crippen molar-refractivity contribution >= 4 is 11.9 Å². The molecule has 0 saturated carbocycles. The third-order valence-electron chi connectivity index (χ3n) is 4.44. The number of ether oxygens (including phenoxy) is 1. The molecule has 0 unspecified atom stereocenters. The molecule has 1 saturated heterocycles. The highest BCUT2D eigenvalue weighted by molar-refractivity contribution is 5.83. The molecule has 1 aliphatic rings. The van der Waals surface area contributed by atoms with E-state index in [1.807, 2.05) is 12.1 Å². The SMILES string of the molecule is O=C(CNC(=O)NCc1ccco1)NCc1ccc(CN2CCOCC2)cc1. The van der Waals surface area contributed by atoms with Gasteiger partial charge in [-0.1, -0.05) is 24.3 Å². The van der Waals surface area contributed by atoms with Gasteiger partial charge in [0, 0.05) is 26.2 Å². The van der Waals surface area contributed by atoms with E-state index < -0.39 is 6.03 Å². The van der Waals surface area contributed by atoms with Crippen molar-refractivity contribution in [1.82, 2.24) is 20.9 Å². The maximum absolute atomic E-state index is 11.9.